The number of rotatable bonds is 8. The second kappa shape index (κ2) is 9.72. The lowest BCUT2D eigenvalue weighted by Gasteiger charge is -2.13. The predicted octanol–water partition coefficient (Wildman–Crippen LogP) is 5.00. The summed E-state index contributed by atoms with van der Waals surface area (Å²) in [5.41, 5.74) is 6.02. The van der Waals surface area contributed by atoms with Crippen LogP contribution in [0.5, 0.6) is 0 Å². The Labute approximate surface area is 163 Å². The maximum Gasteiger partial charge on any atom is 0.306 e. The van der Waals surface area contributed by atoms with Crippen molar-refractivity contribution in [2.45, 2.75) is 33.3 Å². The lowest BCUT2D eigenvalue weighted by atomic mass is 9.92. The third kappa shape index (κ3) is 6.22. The number of carbonyl (C=O) groups is 1. The van der Waals surface area contributed by atoms with Crippen molar-refractivity contribution >= 4 is 23.8 Å². The van der Waals surface area contributed by atoms with Crippen LogP contribution in [0.25, 0.3) is 17.2 Å². The van der Waals surface area contributed by atoms with Crippen molar-refractivity contribution in [2.75, 3.05) is 11.5 Å². The normalized spacial score (nSPS) is 12.5. The number of hydrogen-bond donors (Lipinski definition) is 2. The molecule has 2 N–H and O–H groups in total. The third-order valence-corrected chi connectivity index (χ3v) is 5.27. The highest BCUT2D eigenvalue weighted by Gasteiger charge is 2.10. The highest BCUT2D eigenvalue weighted by atomic mass is 32.2. The molecule has 2 aromatic rings. The Morgan fingerprint density at radius 1 is 1.19 bits per heavy atom. The van der Waals surface area contributed by atoms with Gasteiger partial charge in [0.2, 0.25) is 0 Å². The van der Waals surface area contributed by atoms with E-state index in [9.17, 15) is 14.3 Å². The van der Waals surface area contributed by atoms with Crippen LogP contribution in [0, 0.1) is 26.6 Å². The first-order valence-electron chi connectivity index (χ1n) is 8.80. The largest absolute Gasteiger partial charge is 0.481 e. The van der Waals surface area contributed by atoms with E-state index >= 15 is 0 Å². The van der Waals surface area contributed by atoms with Crippen molar-refractivity contribution in [1.29, 1.82) is 0 Å². The summed E-state index contributed by atoms with van der Waals surface area (Å²) in [7, 11) is 0. The molecule has 0 amide bonds. The zero-order valence-corrected chi connectivity index (χ0v) is 16.6. The highest BCUT2D eigenvalue weighted by Crippen LogP contribution is 2.30. The molecule has 0 heterocycles. The minimum Gasteiger partial charge on any atom is -0.481 e. The molecule has 0 aliphatic rings. The fourth-order valence-electron chi connectivity index (χ4n) is 2.95. The first kappa shape index (κ1) is 21.2. The smallest absolute Gasteiger partial charge is 0.306 e. The standard InChI is InChI=1S/C22H25FO3S/c1-14-9-15(2)19(5-4-8-27-13-18(24)12-22(25)26)20(10-14)17-6-7-21(23)16(3)11-17/h4-7,9-11,18,24H,8,12-13H2,1-3H3,(H,25,26)/b5-4+. The molecule has 0 aromatic heterocycles. The number of thioether (sulfide) groups is 1. The lowest BCUT2D eigenvalue weighted by Crippen LogP contribution is -2.15. The van der Waals surface area contributed by atoms with E-state index in [0.717, 1.165) is 27.8 Å². The molecule has 144 valence electrons. The number of carboxylic acid groups (broad SMARTS) is 1. The number of carboxylic acids is 1. The molecule has 0 bridgehead atoms. The summed E-state index contributed by atoms with van der Waals surface area (Å²) >= 11 is 1.49. The van der Waals surface area contributed by atoms with Gasteiger partial charge in [-0.15, -0.1) is 0 Å². The number of aliphatic hydroxyl groups excluding tert-OH is 1. The Morgan fingerprint density at radius 2 is 1.93 bits per heavy atom. The van der Waals surface area contributed by atoms with Gasteiger partial charge in [0.15, 0.2) is 0 Å². The summed E-state index contributed by atoms with van der Waals surface area (Å²) in [6.07, 6.45) is 2.98. The van der Waals surface area contributed by atoms with Crippen LogP contribution in [-0.4, -0.2) is 33.8 Å². The Morgan fingerprint density at radius 3 is 2.59 bits per heavy atom. The summed E-state index contributed by atoms with van der Waals surface area (Å²) in [5, 5.41) is 18.3. The number of aliphatic hydroxyl groups is 1. The predicted molar refractivity (Wildman–Crippen MR) is 111 cm³/mol. The summed E-state index contributed by atoms with van der Waals surface area (Å²) in [6.45, 7) is 5.85. The Bertz CT molecular complexity index is 846. The van der Waals surface area contributed by atoms with Gasteiger partial charge in [0.25, 0.3) is 0 Å². The van der Waals surface area contributed by atoms with Crippen LogP contribution in [-0.2, 0) is 4.79 Å². The van der Waals surface area contributed by atoms with Crippen LogP contribution in [0.1, 0.15) is 28.7 Å². The molecule has 27 heavy (non-hydrogen) atoms. The van der Waals surface area contributed by atoms with Crippen molar-refractivity contribution in [3.05, 3.63) is 64.5 Å². The molecule has 0 radical (unpaired) electrons. The van der Waals surface area contributed by atoms with Gasteiger partial charge >= 0.3 is 5.97 Å². The number of aliphatic carboxylic acids is 1. The highest BCUT2D eigenvalue weighted by molar-refractivity contribution is 7.99. The molecule has 3 nitrogen and oxygen atoms in total. The molecule has 2 aromatic carbocycles. The van der Waals surface area contributed by atoms with E-state index in [1.54, 1.807) is 13.0 Å². The van der Waals surface area contributed by atoms with Crippen molar-refractivity contribution < 1.29 is 19.4 Å². The zero-order chi connectivity index (χ0) is 20.0. The fraction of sp³-hybridized carbons (Fsp3) is 0.318. The minimum absolute atomic E-state index is 0.212. The van der Waals surface area contributed by atoms with Crippen molar-refractivity contribution in [2.24, 2.45) is 0 Å². The monoisotopic (exact) mass is 388 g/mol. The molecule has 0 spiro atoms. The van der Waals surface area contributed by atoms with Gasteiger partial charge in [0.1, 0.15) is 5.82 Å². The topological polar surface area (TPSA) is 57.5 Å². The molecule has 0 saturated carbocycles. The number of halogens is 1. The van der Waals surface area contributed by atoms with Crippen LogP contribution in [0.3, 0.4) is 0 Å². The molecular formula is C22H25FO3S. The van der Waals surface area contributed by atoms with Crippen molar-refractivity contribution in [3.63, 3.8) is 0 Å². The van der Waals surface area contributed by atoms with Gasteiger partial charge in [-0.1, -0.05) is 35.9 Å². The molecule has 0 aliphatic carbocycles. The molecule has 0 aliphatic heterocycles. The van der Waals surface area contributed by atoms with E-state index in [-0.39, 0.29) is 12.2 Å². The van der Waals surface area contributed by atoms with E-state index in [1.807, 2.05) is 25.1 Å². The summed E-state index contributed by atoms with van der Waals surface area (Å²) in [6, 6.07) is 9.37. The van der Waals surface area contributed by atoms with E-state index < -0.39 is 12.1 Å². The van der Waals surface area contributed by atoms with Gasteiger partial charge in [0, 0.05) is 11.5 Å². The van der Waals surface area contributed by atoms with E-state index in [1.165, 1.54) is 17.8 Å². The third-order valence-electron chi connectivity index (χ3n) is 4.22. The average molecular weight is 389 g/mol. The van der Waals surface area contributed by atoms with Gasteiger partial charge in [0.05, 0.1) is 12.5 Å². The van der Waals surface area contributed by atoms with Crippen molar-refractivity contribution in [1.82, 2.24) is 0 Å². The molecule has 0 fully saturated rings. The van der Waals surface area contributed by atoms with Crippen LogP contribution < -0.4 is 0 Å². The van der Waals surface area contributed by atoms with E-state index in [2.05, 4.69) is 19.1 Å². The Balaban J connectivity index is 2.16. The van der Waals surface area contributed by atoms with Gasteiger partial charge in [-0.25, -0.2) is 4.39 Å². The first-order valence-corrected chi connectivity index (χ1v) is 9.95. The summed E-state index contributed by atoms with van der Waals surface area (Å²) < 4.78 is 13.6. The Hall–Kier alpha value is -2.11. The van der Waals surface area contributed by atoms with Gasteiger partial charge in [-0.05, 0) is 60.7 Å². The average Bonchev–Trinajstić information content (AvgIpc) is 2.57. The molecule has 1 unspecified atom stereocenters. The number of benzene rings is 2. The fourth-order valence-corrected chi connectivity index (χ4v) is 3.71. The van der Waals surface area contributed by atoms with Gasteiger partial charge in [-0.3, -0.25) is 4.79 Å². The van der Waals surface area contributed by atoms with E-state index in [4.69, 9.17) is 5.11 Å². The molecule has 5 heteroatoms. The Kier molecular flexibility index (Phi) is 7.63. The SMILES string of the molecule is Cc1cc(C)c(/C=C/CSCC(O)CC(=O)O)c(-c2ccc(F)c(C)c2)c1. The zero-order valence-electron chi connectivity index (χ0n) is 15.8. The first-order chi connectivity index (χ1) is 12.8. The molecule has 2 rings (SSSR count). The maximum atomic E-state index is 13.6. The van der Waals surface area contributed by atoms with Crippen molar-refractivity contribution in [3.8, 4) is 11.1 Å². The molecule has 1 atom stereocenters. The molecule has 0 saturated heterocycles. The number of aryl methyl sites for hydroxylation is 3. The van der Waals surface area contributed by atoms with Crippen LogP contribution in [0.2, 0.25) is 0 Å². The molecular weight excluding hydrogens is 363 g/mol. The van der Waals surface area contributed by atoms with Crippen LogP contribution in [0.4, 0.5) is 4.39 Å². The second-order valence-corrected chi connectivity index (χ2v) is 7.77. The maximum absolute atomic E-state index is 13.6. The summed E-state index contributed by atoms with van der Waals surface area (Å²) in [4.78, 5) is 10.6. The lowest BCUT2D eigenvalue weighted by molar-refractivity contribution is -0.138. The second-order valence-electron chi connectivity index (χ2n) is 6.70. The van der Waals surface area contributed by atoms with Gasteiger partial charge in [-0.2, -0.15) is 11.8 Å². The van der Waals surface area contributed by atoms with Gasteiger partial charge < -0.3 is 10.2 Å². The quantitative estimate of drug-likeness (QED) is 0.625. The number of hydrogen-bond acceptors (Lipinski definition) is 3. The van der Waals surface area contributed by atoms with Crippen LogP contribution in [0.15, 0.2) is 36.4 Å². The van der Waals surface area contributed by atoms with E-state index in [0.29, 0.717) is 17.1 Å². The minimum atomic E-state index is -0.992. The summed E-state index contributed by atoms with van der Waals surface area (Å²) in [5.74, 6) is -0.149. The van der Waals surface area contributed by atoms with Crippen LogP contribution >= 0.6 is 11.8 Å².